The van der Waals surface area contributed by atoms with E-state index in [0.717, 1.165) is 0 Å². The van der Waals surface area contributed by atoms with Crippen LogP contribution in [0.4, 0.5) is 16.4 Å². The average molecular weight is 418 g/mol. The van der Waals surface area contributed by atoms with Crippen LogP contribution >= 0.6 is 11.6 Å². The molecule has 0 fully saturated rings. The molecule has 2 aromatic rings. The Morgan fingerprint density at radius 1 is 1.28 bits per heavy atom. The lowest BCUT2D eigenvalue weighted by molar-refractivity contribution is -0.118. The van der Waals surface area contributed by atoms with Gasteiger partial charge in [-0.05, 0) is 45.0 Å². The standard InChI is InChI=1S/C19H20ClN5O4/c1-19(2,3)29-18(27)25(4)16-8-6-14(13(9-21)23-16)28-11-17(26)24-15-7-5-12(20)10-22-15/h5-8,10H,11H2,1-4H3,(H,22,24,26). The number of aromatic nitrogens is 2. The molecule has 10 heteroatoms. The summed E-state index contributed by atoms with van der Waals surface area (Å²) in [6, 6.07) is 7.95. The first-order valence-corrected chi connectivity index (χ1v) is 8.89. The summed E-state index contributed by atoms with van der Waals surface area (Å²) < 4.78 is 10.6. The largest absolute Gasteiger partial charge is 0.481 e. The third-order valence-electron chi connectivity index (χ3n) is 3.31. The summed E-state index contributed by atoms with van der Waals surface area (Å²) in [5.41, 5.74) is -0.742. The molecule has 0 saturated heterocycles. The molecule has 2 amide bonds. The zero-order chi connectivity index (χ0) is 21.6. The van der Waals surface area contributed by atoms with E-state index >= 15 is 0 Å². The highest BCUT2D eigenvalue weighted by Gasteiger charge is 2.22. The minimum absolute atomic E-state index is 0.0738. The van der Waals surface area contributed by atoms with Crippen molar-refractivity contribution in [3.8, 4) is 11.8 Å². The summed E-state index contributed by atoms with van der Waals surface area (Å²) >= 11 is 5.74. The molecule has 2 aromatic heterocycles. The number of anilines is 2. The maximum absolute atomic E-state index is 12.1. The van der Waals surface area contributed by atoms with Crippen LogP contribution in [0.5, 0.6) is 5.75 Å². The van der Waals surface area contributed by atoms with E-state index in [0.29, 0.717) is 10.8 Å². The number of carbonyl (C=O) groups excluding carboxylic acids is 2. The monoisotopic (exact) mass is 417 g/mol. The Balaban J connectivity index is 2.03. The quantitative estimate of drug-likeness (QED) is 0.792. The van der Waals surface area contributed by atoms with Crippen molar-refractivity contribution < 1.29 is 19.1 Å². The lowest BCUT2D eigenvalue weighted by Crippen LogP contribution is -2.34. The van der Waals surface area contributed by atoms with Crippen LogP contribution in [0.3, 0.4) is 0 Å². The van der Waals surface area contributed by atoms with Crippen LogP contribution in [-0.2, 0) is 9.53 Å². The molecule has 2 rings (SSSR count). The van der Waals surface area contributed by atoms with Crippen LogP contribution in [0.2, 0.25) is 5.02 Å². The highest BCUT2D eigenvalue weighted by molar-refractivity contribution is 6.30. The number of hydrogen-bond donors (Lipinski definition) is 1. The molecule has 0 aliphatic carbocycles. The van der Waals surface area contributed by atoms with Crippen LogP contribution in [0.15, 0.2) is 30.5 Å². The number of nitrogens with one attached hydrogen (secondary N) is 1. The molecular weight excluding hydrogens is 398 g/mol. The van der Waals surface area contributed by atoms with Crippen LogP contribution < -0.4 is 15.0 Å². The molecular formula is C19H20ClN5O4. The van der Waals surface area contributed by atoms with Gasteiger partial charge in [-0.15, -0.1) is 0 Å². The molecule has 0 aliphatic heterocycles. The first kappa shape index (κ1) is 21.9. The minimum atomic E-state index is -0.668. The third kappa shape index (κ3) is 6.62. The molecule has 0 bridgehead atoms. The zero-order valence-corrected chi connectivity index (χ0v) is 17.1. The van der Waals surface area contributed by atoms with Gasteiger partial charge in [0.1, 0.15) is 23.3 Å². The van der Waals surface area contributed by atoms with Crippen LogP contribution in [0.1, 0.15) is 26.5 Å². The van der Waals surface area contributed by atoms with Crippen LogP contribution in [0, 0.1) is 11.3 Å². The van der Waals surface area contributed by atoms with Crippen molar-refractivity contribution in [1.29, 1.82) is 5.26 Å². The van der Waals surface area contributed by atoms with Crippen molar-refractivity contribution in [2.45, 2.75) is 26.4 Å². The van der Waals surface area contributed by atoms with E-state index in [1.54, 1.807) is 32.9 Å². The number of halogens is 1. The first-order chi connectivity index (χ1) is 13.6. The molecule has 0 aromatic carbocycles. The van der Waals surface area contributed by atoms with Gasteiger partial charge in [-0.25, -0.2) is 14.8 Å². The number of nitriles is 1. The number of hydrogen-bond acceptors (Lipinski definition) is 7. The SMILES string of the molecule is CN(C(=O)OC(C)(C)C)c1ccc(OCC(=O)Nc2ccc(Cl)cn2)c(C#N)n1. The molecule has 0 unspecified atom stereocenters. The molecule has 152 valence electrons. The van der Waals surface area contributed by atoms with Crippen molar-refractivity contribution in [3.05, 3.63) is 41.2 Å². The molecule has 0 aliphatic rings. The predicted octanol–water partition coefficient (Wildman–Crippen LogP) is 3.39. The molecule has 0 saturated carbocycles. The van der Waals surface area contributed by atoms with Crippen molar-refractivity contribution in [2.75, 3.05) is 23.9 Å². The highest BCUT2D eigenvalue weighted by atomic mass is 35.5. The molecule has 1 N–H and O–H groups in total. The molecule has 9 nitrogen and oxygen atoms in total. The second-order valence-corrected chi connectivity index (χ2v) is 7.30. The lowest BCUT2D eigenvalue weighted by Gasteiger charge is -2.24. The van der Waals surface area contributed by atoms with Crippen LogP contribution in [0.25, 0.3) is 0 Å². The third-order valence-corrected chi connectivity index (χ3v) is 3.54. The van der Waals surface area contributed by atoms with Gasteiger partial charge >= 0.3 is 6.09 Å². The van der Waals surface area contributed by atoms with Gasteiger partial charge in [0, 0.05) is 13.2 Å². The van der Waals surface area contributed by atoms with Gasteiger partial charge < -0.3 is 14.8 Å². The average Bonchev–Trinajstić information content (AvgIpc) is 2.66. The van der Waals surface area contributed by atoms with Gasteiger partial charge in [0.25, 0.3) is 5.91 Å². The number of nitrogens with zero attached hydrogens (tertiary/aromatic N) is 4. The van der Waals surface area contributed by atoms with E-state index in [4.69, 9.17) is 21.1 Å². The van der Waals surface area contributed by atoms with E-state index < -0.39 is 17.6 Å². The second kappa shape index (κ2) is 9.21. The van der Waals surface area contributed by atoms with Gasteiger partial charge in [0.15, 0.2) is 18.1 Å². The van der Waals surface area contributed by atoms with Crippen molar-refractivity contribution in [1.82, 2.24) is 9.97 Å². The number of pyridine rings is 2. The fourth-order valence-electron chi connectivity index (χ4n) is 2.02. The Labute approximate surface area is 173 Å². The molecule has 2 heterocycles. The van der Waals surface area contributed by atoms with E-state index in [-0.39, 0.29) is 23.9 Å². The van der Waals surface area contributed by atoms with Gasteiger partial charge in [-0.2, -0.15) is 5.26 Å². The Morgan fingerprint density at radius 2 is 2.00 bits per heavy atom. The van der Waals surface area contributed by atoms with Gasteiger partial charge in [-0.1, -0.05) is 11.6 Å². The Bertz CT molecular complexity index is 935. The van der Waals surface area contributed by atoms with Gasteiger partial charge in [0.2, 0.25) is 0 Å². The van der Waals surface area contributed by atoms with E-state index in [1.165, 1.54) is 30.3 Å². The maximum Gasteiger partial charge on any atom is 0.415 e. The highest BCUT2D eigenvalue weighted by Crippen LogP contribution is 2.22. The van der Waals surface area contributed by atoms with E-state index in [2.05, 4.69) is 15.3 Å². The number of amides is 2. The topological polar surface area (TPSA) is 117 Å². The minimum Gasteiger partial charge on any atom is -0.481 e. The van der Waals surface area contributed by atoms with E-state index in [1.807, 2.05) is 6.07 Å². The summed E-state index contributed by atoms with van der Waals surface area (Å²) in [5.74, 6) is 0.153. The maximum atomic E-state index is 12.1. The van der Waals surface area contributed by atoms with E-state index in [9.17, 15) is 14.9 Å². The second-order valence-electron chi connectivity index (χ2n) is 6.87. The summed E-state index contributed by atoms with van der Waals surface area (Å²) in [7, 11) is 1.48. The molecule has 0 atom stereocenters. The molecule has 0 radical (unpaired) electrons. The Hall–Kier alpha value is -3.38. The smallest absolute Gasteiger partial charge is 0.415 e. The van der Waals surface area contributed by atoms with Gasteiger partial charge in [0.05, 0.1) is 5.02 Å². The normalized spacial score (nSPS) is 10.6. The summed E-state index contributed by atoms with van der Waals surface area (Å²) in [6.07, 6.45) is 0.785. The molecule has 29 heavy (non-hydrogen) atoms. The van der Waals surface area contributed by atoms with Crippen LogP contribution in [-0.4, -0.2) is 41.2 Å². The summed E-state index contributed by atoms with van der Waals surface area (Å²) in [6.45, 7) is 4.87. The Kier molecular flexibility index (Phi) is 6.96. The predicted molar refractivity (Wildman–Crippen MR) is 107 cm³/mol. The fourth-order valence-corrected chi connectivity index (χ4v) is 2.13. The first-order valence-electron chi connectivity index (χ1n) is 8.51. The molecule has 0 spiro atoms. The number of carbonyl (C=O) groups is 2. The zero-order valence-electron chi connectivity index (χ0n) is 16.4. The summed E-state index contributed by atoms with van der Waals surface area (Å²) in [5, 5.41) is 12.3. The van der Waals surface area contributed by atoms with Crippen molar-refractivity contribution in [2.24, 2.45) is 0 Å². The number of rotatable bonds is 5. The number of ether oxygens (including phenoxy) is 2. The fraction of sp³-hybridized carbons (Fsp3) is 0.316. The Morgan fingerprint density at radius 3 is 2.59 bits per heavy atom. The van der Waals surface area contributed by atoms with Crippen molar-refractivity contribution in [3.63, 3.8) is 0 Å². The van der Waals surface area contributed by atoms with Crippen molar-refractivity contribution >= 4 is 35.2 Å². The lowest BCUT2D eigenvalue weighted by atomic mass is 10.2. The van der Waals surface area contributed by atoms with Gasteiger partial charge in [-0.3, -0.25) is 9.69 Å². The summed E-state index contributed by atoms with van der Waals surface area (Å²) in [4.78, 5) is 33.3.